The van der Waals surface area contributed by atoms with E-state index in [1.807, 2.05) is 24.3 Å². The zero-order chi connectivity index (χ0) is 22.9. The number of benzene rings is 4. The minimum Gasteiger partial charge on any atom is -0.280 e. The van der Waals surface area contributed by atoms with Gasteiger partial charge in [0.1, 0.15) is 0 Å². The lowest BCUT2D eigenvalue weighted by atomic mass is 10.1. The summed E-state index contributed by atoms with van der Waals surface area (Å²) in [7, 11) is -7.76. The Morgan fingerprint density at radius 2 is 1.09 bits per heavy atom. The zero-order valence-corrected chi connectivity index (χ0v) is 19.4. The third-order valence-corrected chi connectivity index (χ3v) is 8.14. The summed E-state index contributed by atoms with van der Waals surface area (Å²) in [6.07, 6.45) is 0. The minimum atomic E-state index is -3.91. The largest absolute Gasteiger partial charge is 0.280 e. The molecule has 0 heterocycles. The Balaban J connectivity index is 1.54. The van der Waals surface area contributed by atoms with Crippen LogP contribution in [0.1, 0.15) is 0 Å². The summed E-state index contributed by atoms with van der Waals surface area (Å²) in [5.74, 6) is 0. The van der Waals surface area contributed by atoms with Crippen molar-refractivity contribution in [3.05, 3.63) is 95.0 Å². The van der Waals surface area contributed by atoms with Gasteiger partial charge >= 0.3 is 0 Å². The highest BCUT2D eigenvalue weighted by Crippen LogP contribution is 2.27. The molecule has 0 spiro atoms. The highest BCUT2D eigenvalue weighted by atomic mass is 35.5. The monoisotopic (exact) mass is 506 g/mol. The average Bonchev–Trinajstić information content (AvgIpc) is 2.76. The lowest BCUT2D eigenvalue weighted by Crippen LogP contribution is -2.14. The molecule has 0 atom stereocenters. The molecule has 0 saturated heterocycles. The second-order valence-electron chi connectivity index (χ2n) is 6.87. The fraction of sp³-hybridized carbons (Fsp3) is 0. The topological polar surface area (TPSA) is 92.3 Å². The van der Waals surface area contributed by atoms with Gasteiger partial charge in [-0.3, -0.25) is 9.44 Å². The van der Waals surface area contributed by atoms with Crippen LogP contribution in [0.25, 0.3) is 10.8 Å². The van der Waals surface area contributed by atoms with Gasteiger partial charge in [0.15, 0.2) is 0 Å². The first kappa shape index (κ1) is 22.4. The molecule has 164 valence electrons. The summed E-state index contributed by atoms with van der Waals surface area (Å²) in [5.41, 5.74) is 0.479. The molecule has 0 aliphatic heterocycles. The summed E-state index contributed by atoms with van der Waals surface area (Å²) >= 11 is 11.8. The van der Waals surface area contributed by atoms with Gasteiger partial charge in [0, 0.05) is 5.69 Å². The molecule has 32 heavy (non-hydrogen) atoms. The van der Waals surface area contributed by atoms with Gasteiger partial charge in [-0.15, -0.1) is 0 Å². The summed E-state index contributed by atoms with van der Waals surface area (Å²) in [5, 5.41) is 2.24. The van der Waals surface area contributed by atoms with Crippen LogP contribution in [-0.4, -0.2) is 16.8 Å². The third-order valence-electron chi connectivity index (χ3n) is 4.62. The molecule has 4 aromatic carbocycles. The summed E-state index contributed by atoms with van der Waals surface area (Å²) < 4.78 is 55.6. The summed E-state index contributed by atoms with van der Waals surface area (Å²) in [6, 6.07) is 22.0. The normalized spacial score (nSPS) is 11.9. The van der Waals surface area contributed by atoms with Crippen LogP contribution in [0.3, 0.4) is 0 Å². The van der Waals surface area contributed by atoms with Gasteiger partial charge in [0.2, 0.25) is 0 Å². The third kappa shape index (κ3) is 4.83. The highest BCUT2D eigenvalue weighted by molar-refractivity contribution is 7.93. The number of halogens is 2. The first-order chi connectivity index (χ1) is 15.1. The number of fused-ring (bicyclic) bond motifs is 1. The van der Waals surface area contributed by atoms with Crippen LogP contribution in [0, 0.1) is 0 Å². The Morgan fingerprint density at radius 1 is 0.531 bits per heavy atom. The molecule has 0 saturated carbocycles. The molecule has 0 unspecified atom stereocenters. The van der Waals surface area contributed by atoms with E-state index >= 15 is 0 Å². The van der Waals surface area contributed by atoms with E-state index in [1.165, 1.54) is 48.5 Å². The van der Waals surface area contributed by atoms with E-state index in [9.17, 15) is 16.8 Å². The zero-order valence-electron chi connectivity index (χ0n) is 16.3. The van der Waals surface area contributed by atoms with Crippen molar-refractivity contribution in [2.75, 3.05) is 9.44 Å². The van der Waals surface area contributed by atoms with Crippen molar-refractivity contribution in [1.82, 2.24) is 0 Å². The Hall–Kier alpha value is -2.78. The van der Waals surface area contributed by atoms with Crippen molar-refractivity contribution in [1.29, 1.82) is 0 Å². The fourth-order valence-electron chi connectivity index (χ4n) is 3.02. The summed E-state index contributed by atoms with van der Waals surface area (Å²) in [6.45, 7) is 0. The maximum absolute atomic E-state index is 12.8. The molecule has 0 amide bonds. The predicted octanol–water partition coefficient (Wildman–Crippen LogP) is 5.75. The lowest BCUT2D eigenvalue weighted by molar-refractivity contribution is 0.600. The maximum Gasteiger partial charge on any atom is 0.261 e. The molecule has 0 aliphatic rings. The average molecular weight is 507 g/mol. The molecule has 6 nitrogen and oxygen atoms in total. The van der Waals surface area contributed by atoms with E-state index < -0.39 is 20.0 Å². The van der Waals surface area contributed by atoms with Crippen molar-refractivity contribution in [3.8, 4) is 0 Å². The van der Waals surface area contributed by atoms with E-state index in [4.69, 9.17) is 23.2 Å². The Kier molecular flexibility index (Phi) is 6.05. The van der Waals surface area contributed by atoms with Crippen LogP contribution >= 0.6 is 23.2 Å². The van der Waals surface area contributed by atoms with Gasteiger partial charge in [-0.05, 0) is 65.4 Å². The van der Waals surface area contributed by atoms with Crippen LogP contribution in [0.5, 0.6) is 0 Å². The van der Waals surface area contributed by atoms with Crippen molar-refractivity contribution >= 4 is 65.4 Å². The maximum atomic E-state index is 12.8. The molecule has 4 rings (SSSR count). The van der Waals surface area contributed by atoms with Gasteiger partial charge in [-0.2, -0.15) is 0 Å². The van der Waals surface area contributed by atoms with E-state index in [2.05, 4.69) is 9.44 Å². The van der Waals surface area contributed by atoms with E-state index in [0.717, 1.165) is 10.8 Å². The number of anilines is 2. The number of sulfonamides is 2. The molecule has 10 heteroatoms. The molecule has 0 aliphatic carbocycles. The van der Waals surface area contributed by atoms with Gasteiger partial charge in [0.25, 0.3) is 20.0 Å². The quantitative estimate of drug-likeness (QED) is 0.348. The second kappa shape index (κ2) is 8.63. The van der Waals surface area contributed by atoms with Crippen molar-refractivity contribution in [3.63, 3.8) is 0 Å². The Labute approximate surface area is 195 Å². The number of rotatable bonds is 6. The fourth-order valence-corrected chi connectivity index (χ4v) is 5.47. The molecule has 0 radical (unpaired) electrons. The van der Waals surface area contributed by atoms with Crippen LogP contribution in [0.2, 0.25) is 10.0 Å². The van der Waals surface area contributed by atoms with E-state index in [1.54, 1.807) is 12.1 Å². The van der Waals surface area contributed by atoms with E-state index in [-0.39, 0.29) is 26.2 Å². The molecular weight excluding hydrogens is 491 g/mol. The van der Waals surface area contributed by atoms with Crippen LogP contribution < -0.4 is 9.44 Å². The van der Waals surface area contributed by atoms with Crippen LogP contribution in [0.4, 0.5) is 11.4 Å². The van der Waals surface area contributed by atoms with E-state index in [0.29, 0.717) is 5.02 Å². The molecule has 4 aromatic rings. The molecule has 0 bridgehead atoms. The Morgan fingerprint density at radius 3 is 1.78 bits per heavy atom. The molecular formula is C22H16Cl2N2O4S2. The predicted molar refractivity (Wildman–Crippen MR) is 128 cm³/mol. The van der Waals surface area contributed by atoms with Crippen LogP contribution in [0.15, 0.2) is 94.7 Å². The number of hydrogen-bond acceptors (Lipinski definition) is 4. The molecule has 0 fully saturated rings. The molecule has 0 aromatic heterocycles. The smallest absolute Gasteiger partial charge is 0.261 e. The SMILES string of the molecule is O=S(=O)(Nc1ccc(Cl)c(Cl)c1)c1ccc(NS(=O)(=O)c2ccc3ccccc3c2)cc1. The number of nitrogens with one attached hydrogen (secondary N) is 2. The highest BCUT2D eigenvalue weighted by Gasteiger charge is 2.17. The van der Waals surface area contributed by atoms with Crippen LogP contribution in [-0.2, 0) is 20.0 Å². The minimum absolute atomic E-state index is 0.0442. The number of hydrogen-bond donors (Lipinski definition) is 2. The van der Waals surface area contributed by atoms with Gasteiger partial charge in [-0.1, -0.05) is 53.5 Å². The molecule has 2 N–H and O–H groups in total. The van der Waals surface area contributed by atoms with Gasteiger partial charge in [0.05, 0.1) is 25.5 Å². The van der Waals surface area contributed by atoms with Gasteiger partial charge in [-0.25, -0.2) is 16.8 Å². The standard InChI is InChI=1S/C22H16Cl2N2O4S2/c23-21-12-8-18(14-22(21)24)26-31(27,28)19-10-6-17(7-11-19)25-32(29,30)20-9-5-15-3-1-2-4-16(15)13-20/h1-14,25-26H. The van der Waals surface area contributed by atoms with Gasteiger partial charge < -0.3 is 0 Å². The first-order valence-corrected chi connectivity index (χ1v) is 13.0. The second-order valence-corrected chi connectivity index (χ2v) is 11.1. The van der Waals surface area contributed by atoms with Crippen molar-refractivity contribution in [2.24, 2.45) is 0 Å². The Bertz CT molecular complexity index is 1520. The lowest BCUT2D eigenvalue weighted by Gasteiger charge is -2.11. The van der Waals surface area contributed by atoms with Crippen molar-refractivity contribution < 1.29 is 16.8 Å². The summed E-state index contributed by atoms with van der Waals surface area (Å²) in [4.78, 5) is 0.0615. The first-order valence-electron chi connectivity index (χ1n) is 9.24. The van der Waals surface area contributed by atoms with Crippen molar-refractivity contribution in [2.45, 2.75) is 9.79 Å².